The van der Waals surface area contributed by atoms with Crippen LogP contribution in [0.25, 0.3) is 32.0 Å². The number of fused-ring (bicyclic) bond motifs is 1. The van der Waals surface area contributed by atoms with E-state index in [-0.39, 0.29) is 5.56 Å². The van der Waals surface area contributed by atoms with E-state index in [0.29, 0.717) is 6.54 Å². The lowest BCUT2D eigenvalue weighted by atomic mass is 10.1. The smallest absolute Gasteiger partial charge is 0.263 e. The summed E-state index contributed by atoms with van der Waals surface area (Å²) in [4.78, 5) is 28.2. The molecular weight excluding hydrogens is 400 g/mol. The highest BCUT2D eigenvalue weighted by Crippen LogP contribution is 2.38. The summed E-state index contributed by atoms with van der Waals surface area (Å²) < 4.78 is 1.85. The molecule has 0 aromatic carbocycles. The average Bonchev–Trinajstić information content (AvgIpc) is 3.37. The van der Waals surface area contributed by atoms with Gasteiger partial charge in [0.2, 0.25) is 0 Å². The van der Waals surface area contributed by atoms with E-state index in [9.17, 15) is 4.79 Å². The van der Waals surface area contributed by atoms with E-state index in [1.807, 2.05) is 22.8 Å². The Bertz CT molecular complexity index is 1160. The Balaban J connectivity index is 1.94. The van der Waals surface area contributed by atoms with Crippen LogP contribution in [0.15, 0.2) is 46.8 Å². The van der Waals surface area contributed by atoms with Gasteiger partial charge in [-0.05, 0) is 43.6 Å². The molecule has 0 aliphatic rings. The van der Waals surface area contributed by atoms with Crippen LogP contribution >= 0.6 is 22.7 Å². The Labute approximate surface area is 178 Å². The fourth-order valence-electron chi connectivity index (χ4n) is 3.62. The third kappa shape index (κ3) is 3.77. The zero-order valence-corrected chi connectivity index (χ0v) is 18.5. The van der Waals surface area contributed by atoms with Gasteiger partial charge in [0.1, 0.15) is 10.7 Å². The number of hydrogen-bond donors (Lipinski definition) is 0. The standard InChI is InChI=1S/C22H24N4OS2/c1-4-25(5-2)12-13-26-20(16-8-10-23-11-9-16)24-21-19(22(26)27)18(15(3)29-21)17-7-6-14-28-17/h6-11,14H,4-5,12-13H2,1-3H3. The van der Waals surface area contributed by atoms with Crippen molar-refractivity contribution in [2.24, 2.45) is 0 Å². The molecule has 4 aromatic heterocycles. The molecule has 7 heteroatoms. The second-order valence-corrected chi connectivity index (χ2v) is 9.00. The topological polar surface area (TPSA) is 51.0 Å². The molecule has 29 heavy (non-hydrogen) atoms. The number of thiophene rings is 2. The van der Waals surface area contributed by atoms with Crippen molar-refractivity contribution < 1.29 is 0 Å². The summed E-state index contributed by atoms with van der Waals surface area (Å²) in [5, 5.41) is 2.79. The van der Waals surface area contributed by atoms with Crippen molar-refractivity contribution in [2.75, 3.05) is 19.6 Å². The van der Waals surface area contributed by atoms with Gasteiger partial charge < -0.3 is 4.90 Å². The zero-order valence-electron chi connectivity index (χ0n) is 16.9. The lowest BCUT2D eigenvalue weighted by Gasteiger charge is -2.20. The molecule has 0 spiro atoms. The van der Waals surface area contributed by atoms with Gasteiger partial charge in [-0.1, -0.05) is 19.9 Å². The van der Waals surface area contributed by atoms with E-state index in [4.69, 9.17) is 4.98 Å². The number of rotatable bonds is 7. The van der Waals surface area contributed by atoms with E-state index in [2.05, 4.69) is 42.1 Å². The maximum Gasteiger partial charge on any atom is 0.263 e. The lowest BCUT2D eigenvalue weighted by Crippen LogP contribution is -2.32. The van der Waals surface area contributed by atoms with Crippen molar-refractivity contribution in [3.8, 4) is 21.8 Å². The Kier molecular flexibility index (Phi) is 5.89. The van der Waals surface area contributed by atoms with Crippen molar-refractivity contribution in [1.29, 1.82) is 0 Å². The van der Waals surface area contributed by atoms with E-state index in [1.165, 1.54) is 0 Å². The Morgan fingerprint density at radius 3 is 2.55 bits per heavy atom. The molecule has 0 unspecified atom stereocenters. The summed E-state index contributed by atoms with van der Waals surface area (Å²) in [6, 6.07) is 7.94. The largest absolute Gasteiger partial charge is 0.302 e. The Morgan fingerprint density at radius 1 is 1.14 bits per heavy atom. The first-order valence-electron chi connectivity index (χ1n) is 9.84. The molecule has 4 heterocycles. The molecule has 0 saturated carbocycles. The Morgan fingerprint density at radius 2 is 1.90 bits per heavy atom. The van der Waals surface area contributed by atoms with Gasteiger partial charge in [0.25, 0.3) is 5.56 Å². The maximum atomic E-state index is 13.7. The molecule has 4 rings (SSSR count). The highest BCUT2D eigenvalue weighted by Gasteiger charge is 2.21. The summed E-state index contributed by atoms with van der Waals surface area (Å²) in [6.45, 7) is 9.72. The third-order valence-corrected chi connectivity index (χ3v) is 7.11. The van der Waals surface area contributed by atoms with Gasteiger partial charge in [-0.25, -0.2) is 4.98 Å². The molecule has 0 atom stereocenters. The first-order chi connectivity index (χ1) is 14.1. The van der Waals surface area contributed by atoms with Crippen molar-refractivity contribution in [3.05, 3.63) is 57.3 Å². The van der Waals surface area contributed by atoms with Crippen molar-refractivity contribution in [2.45, 2.75) is 27.3 Å². The van der Waals surface area contributed by atoms with Crippen LogP contribution in [0.2, 0.25) is 0 Å². The van der Waals surface area contributed by atoms with Gasteiger partial charge in [-0.15, -0.1) is 22.7 Å². The summed E-state index contributed by atoms with van der Waals surface area (Å²) in [7, 11) is 0. The van der Waals surface area contributed by atoms with Crippen LogP contribution in [-0.2, 0) is 6.54 Å². The van der Waals surface area contributed by atoms with Gasteiger partial charge in [0.15, 0.2) is 0 Å². The SMILES string of the molecule is CCN(CC)CCn1c(-c2ccncc2)nc2sc(C)c(-c3cccs3)c2c1=O. The van der Waals surface area contributed by atoms with Crippen LogP contribution in [0.5, 0.6) is 0 Å². The van der Waals surface area contributed by atoms with Crippen molar-refractivity contribution in [1.82, 2.24) is 19.4 Å². The van der Waals surface area contributed by atoms with E-state index in [1.54, 1.807) is 35.1 Å². The van der Waals surface area contributed by atoms with Gasteiger partial charge in [0, 0.05) is 46.4 Å². The van der Waals surface area contributed by atoms with Gasteiger partial charge in [-0.3, -0.25) is 14.3 Å². The average molecular weight is 425 g/mol. The van der Waals surface area contributed by atoms with Crippen LogP contribution < -0.4 is 5.56 Å². The molecule has 5 nitrogen and oxygen atoms in total. The molecule has 0 amide bonds. The minimum atomic E-state index is 0.0433. The number of aryl methyl sites for hydroxylation is 1. The molecule has 0 aliphatic heterocycles. The van der Waals surface area contributed by atoms with Crippen LogP contribution in [-0.4, -0.2) is 39.1 Å². The van der Waals surface area contributed by atoms with Gasteiger partial charge >= 0.3 is 0 Å². The molecule has 0 bridgehead atoms. The normalized spacial score (nSPS) is 11.6. The summed E-state index contributed by atoms with van der Waals surface area (Å²) >= 11 is 3.26. The minimum Gasteiger partial charge on any atom is -0.302 e. The number of likely N-dealkylation sites (N-methyl/N-ethyl adjacent to an activating group) is 1. The summed E-state index contributed by atoms with van der Waals surface area (Å²) in [5.41, 5.74) is 2.00. The zero-order chi connectivity index (χ0) is 20.4. The summed E-state index contributed by atoms with van der Waals surface area (Å²) in [6.07, 6.45) is 3.49. The van der Waals surface area contributed by atoms with Gasteiger partial charge in [0.05, 0.1) is 5.39 Å². The maximum absolute atomic E-state index is 13.7. The predicted octanol–water partition coefficient (Wildman–Crippen LogP) is 4.90. The minimum absolute atomic E-state index is 0.0433. The van der Waals surface area contributed by atoms with E-state index in [0.717, 1.165) is 56.6 Å². The Hall–Kier alpha value is -2.35. The molecule has 0 aliphatic carbocycles. The fourth-order valence-corrected chi connectivity index (χ4v) is 5.55. The predicted molar refractivity (Wildman–Crippen MR) is 123 cm³/mol. The van der Waals surface area contributed by atoms with Crippen LogP contribution in [0.1, 0.15) is 18.7 Å². The first-order valence-corrected chi connectivity index (χ1v) is 11.5. The first kappa shape index (κ1) is 19.9. The second-order valence-electron chi connectivity index (χ2n) is 6.85. The summed E-state index contributed by atoms with van der Waals surface area (Å²) in [5.74, 6) is 0.719. The molecule has 150 valence electrons. The lowest BCUT2D eigenvalue weighted by molar-refractivity contribution is 0.289. The van der Waals surface area contributed by atoms with E-state index >= 15 is 0 Å². The fraction of sp³-hybridized carbons (Fsp3) is 0.318. The molecule has 4 aromatic rings. The number of pyridine rings is 1. The van der Waals surface area contributed by atoms with Crippen molar-refractivity contribution >= 4 is 32.9 Å². The second kappa shape index (κ2) is 8.57. The molecule has 0 saturated heterocycles. The number of aromatic nitrogens is 3. The van der Waals surface area contributed by atoms with Gasteiger partial charge in [-0.2, -0.15) is 0 Å². The highest BCUT2D eigenvalue weighted by atomic mass is 32.1. The molecule has 0 radical (unpaired) electrons. The monoisotopic (exact) mass is 424 g/mol. The number of hydrogen-bond acceptors (Lipinski definition) is 6. The molecular formula is C22H24N4OS2. The molecule has 0 N–H and O–H groups in total. The molecule has 0 fully saturated rings. The van der Waals surface area contributed by atoms with Crippen molar-refractivity contribution in [3.63, 3.8) is 0 Å². The quantitative estimate of drug-likeness (QED) is 0.423. The van der Waals surface area contributed by atoms with Crippen LogP contribution in [0.4, 0.5) is 0 Å². The number of nitrogens with zero attached hydrogens (tertiary/aromatic N) is 4. The van der Waals surface area contributed by atoms with E-state index < -0.39 is 0 Å². The van der Waals surface area contributed by atoms with Crippen LogP contribution in [0.3, 0.4) is 0 Å². The highest BCUT2D eigenvalue weighted by molar-refractivity contribution is 7.20. The third-order valence-electron chi connectivity index (χ3n) is 5.23. The van der Waals surface area contributed by atoms with Crippen LogP contribution in [0, 0.1) is 6.92 Å².